The maximum Gasteiger partial charge on any atom is 0.338 e. The van der Waals surface area contributed by atoms with E-state index < -0.39 is 6.04 Å². The van der Waals surface area contributed by atoms with Crippen molar-refractivity contribution in [1.29, 1.82) is 0 Å². The number of hydrogen-bond donors (Lipinski definition) is 1. The Morgan fingerprint density at radius 3 is 2.61 bits per heavy atom. The number of esters is 1. The third-order valence-corrected chi connectivity index (χ3v) is 7.51. The van der Waals surface area contributed by atoms with Gasteiger partial charge in [0.15, 0.2) is 0 Å². The first-order valence-electron chi connectivity index (χ1n) is 12.2. The van der Waals surface area contributed by atoms with Crippen molar-refractivity contribution in [2.45, 2.75) is 62.1 Å². The van der Waals surface area contributed by atoms with Crippen molar-refractivity contribution in [2.75, 3.05) is 12.4 Å². The summed E-state index contributed by atoms with van der Waals surface area (Å²) < 4.78 is 27.1. The number of allylic oxidation sites excluding steroid dienone is 1. The van der Waals surface area contributed by atoms with E-state index in [1.807, 2.05) is 37.3 Å². The highest BCUT2D eigenvalue weighted by atomic mass is 32.2. The number of halogens is 1. The van der Waals surface area contributed by atoms with Gasteiger partial charge in [0.05, 0.1) is 12.7 Å². The van der Waals surface area contributed by atoms with Crippen LogP contribution in [0.3, 0.4) is 0 Å². The summed E-state index contributed by atoms with van der Waals surface area (Å²) >= 11 is 1.35. The van der Waals surface area contributed by atoms with Gasteiger partial charge in [-0.05, 0) is 61.9 Å². The van der Waals surface area contributed by atoms with Crippen molar-refractivity contribution in [1.82, 2.24) is 14.8 Å². The lowest BCUT2D eigenvalue weighted by Crippen LogP contribution is -2.32. The average Bonchev–Trinajstić information content (AvgIpc) is 3.30. The van der Waals surface area contributed by atoms with Crippen LogP contribution in [0.15, 0.2) is 65.0 Å². The standard InChI is InChI=1S/C27H29FN4O3S/c1-17-23(25(33)35-21-9-4-3-5-10-21)24(18-12-14-20(34-2)15-13-18)32-26(29-17)30-27(31-32)36-16-19-8-6-7-11-22(19)28/h6-8,11-15,21,24H,3-5,9-10,16H2,1-2H3,(H,29,30,31). The van der Waals surface area contributed by atoms with Crippen LogP contribution >= 0.6 is 11.8 Å². The molecule has 7 nitrogen and oxygen atoms in total. The second kappa shape index (κ2) is 10.7. The highest BCUT2D eigenvalue weighted by molar-refractivity contribution is 7.98. The van der Waals surface area contributed by atoms with E-state index in [0.29, 0.717) is 33.7 Å². The number of methoxy groups -OCH3 is 1. The number of nitrogens with zero attached hydrogens (tertiary/aromatic N) is 3. The van der Waals surface area contributed by atoms with Crippen molar-refractivity contribution in [2.24, 2.45) is 0 Å². The maximum atomic E-state index is 14.1. The molecule has 2 heterocycles. The molecular formula is C27H29FN4O3S. The van der Waals surface area contributed by atoms with Gasteiger partial charge in [0.1, 0.15) is 23.7 Å². The van der Waals surface area contributed by atoms with E-state index in [-0.39, 0.29) is 17.9 Å². The molecule has 1 atom stereocenters. The van der Waals surface area contributed by atoms with E-state index in [1.165, 1.54) is 24.2 Å². The van der Waals surface area contributed by atoms with Gasteiger partial charge >= 0.3 is 5.97 Å². The third-order valence-electron chi connectivity index (χ3n) is 6.63. The van der Waals surface area contributed by atoms with Gasteiger partial charge in [-0.3, -0.25) is 0 Å². The number of anilines is 1. The van der Waals surface area contributed by atoms with Gasteiger partial charge in [-0.15, -0.1) is 5.10 Å². The molecule has 0 radical (unpaired) electrons. The van der Waals surface area contributed by atoms with Crippen LogP contribution in [0.2, 0.25) is 0 Å². The number of carbonyl (C=O) groups excluding carboxylic acids is 1. The SMILES string of the molecule is COc1ccc(C2C(C(=O)OC3CCCCC3)=C(C)Nc3nc(SCc4ccccc4F)nn32)cc1. The summed E-state index contributed by atoms with van der Waals surface area (Å²) in [5.41, 5.74) is 2.64. The number of carbonyl (C=O) groups is 1. The van der Waals surface area contributed by atoms with Crippen molar-refractivity contribution >= 4 is 23.7 Å². The number of nitrogens with one attached hydrogen (secondary N) is 1. The summed E-state index contributed by atoms with van der Waals surface area (Å²) in [6.07, 6.45) is 5.06. The molecule has 3 aromatic rings. The Balaban J connectivity index is 1.46. The Morgan fingerprint density at radius 1 is 1.14 bits per heavy atom. The molecule has 188 valence electrons. The molecule has 0 amide bonds. The minimum absolute atomic E-state index is 0.0629. The molecular weight excluding hydrogens is 479 g/mol. The molecule has 1 aliphatic heterocycles. The average molecular weight is 509 g/mol. The van der Waals surface area contributed by atoms with Crippen molar-refractivity contribution in [3.05, 3.63) is 76.7 Å². The predicted molar refractivity (Wildman–Crippen MR) is 136 cm³/mol. The van der Waals surface area contributed by atoms with E-state index in [2.05, 4.69) is 10.3 Å². The minimum Gasteiger partial charge on any atom is -0.497 e. The van der Waals surface area contributed by atoms with Gasteiger partial charge in [0.2, 0.25) is 11.1 Å². The van der Waals surface area contributed by atoms with E-state index in [1.54, 1.807) is 23.9 Å². The molecule has 1 saturated carbocycles. The van der Waals surface area contributed by atoms with Crippen LogP contribution in [0.5, 0.6) is 5.75 Å². The van der Waals surface area contributed by atoms with Crippen LogP contribution in [0.1, 0.15) is 56.2 Å². The first-order chi connectivity index (χ1) is 17.5. The first-order valence-corrected chi connectivity index (χ1v) is 13.2. The van der Waals surface area contributed by atoms with Gasteiger partial charge in [0.25, 0.3) is 0 Å². The van der Waals surface area contributed by atoms with E-state index in [4.69, 9.17) is 14.6 Å². The summed E-state index contributed by atoms with van der Waals surface area (Å²) in [6, 6.07) is 13.7. The Morgan fingerprint density at radius 2 is 1.89 bits per heavy atom. The third kappa shape index (κ3) is 5.11. The Hall–Kier alpha value is -3.33. The molecule has 1 unspecified atom stereocenters. The molecule has 2 aliphatic rings. The smallest absolute Gasteiger partial charge is 0.338 e. The Labute approximate surface area is 214 Å². The lowest BCUT2D eigenvalue weighted by Gasteiger charge is -2.30. The van der Waals surface area contributed by atoms with Crippen LogP contribution in [0.25, 0.3) is 0 Å². The highest BCUT2D eigenvalue weighted by Gasteiger charge is 2.36. The molecule has 1 N–H and O–H groups in total. The molecule has 36 heavy (non-hydrogen) atoms. The van der Waals surface area contributed by atoms with Gasteiger partial charge in [-0.25, -0.2) is 13.9 Å². The van der Waals surface area contributed by atoms with Crippen LogP contribution in [-0.4, -0.2) is 33.9 Å². The second-order valence-corrected chi connectivity index (χ2v) is 9.99. The number of aromatic nitrogens is 3. The Kier molecular flexibility index (Phi) is 7.27. The fourth-order valence-electron chi connectivity index (χ4n) is 4.71. The first kappa shape index (κ1) is 24.4. The molecule has 2 aromatic carbocycles. The van der Waals surface area contributed by atoms with Gasteiger partial charge in [0, 0.05) is 11.4 Å². The van der Waals surface area contributed by atoms with Crippen molar-refractivity contribution in [3.63, 3.8) is 0 Å². The fraction of sp³-hybridized carbons (Fsp3) is 0.370. The van der Waals surface area contributed by atoms with Gasteiger partial charge in [-0.2, -0.15) is 4.98 Å². The van der Waals surface area contributed by atoms with Gasteiger partial charge in [-0.1, -0.05) is 48.5 Å². The zero-order chi connectivity index (χ0) is 25.1. The molecule has 0 bridgehead atoms. The zero-order valence-corrected chi connectivity index (χ0v) is 21.2. The maximum absolute atomic E-state index is 14.1. The molecule has 0 spiro atoms. The number of hydrogen-bond acceptors (Lipinski definition) is 7. The summed E-state index contributed by atoms with van der Waals surface area (Å²) in [5.74, 6) is 1.05. The minimum atomic E-state index is -0.515. The van der Waals surface area contributed by atoms with Crippen molar-refractivity contribution in [3.8, 4) is 5.75 Å². The summed E-state index contributed by atoms with van der Waals surface area (Å²) in [4.78, 5) is 18.1. The lowest BCUT2D eigenvalue weighted by atomic mass is 9.95. The number of fused-ring (bicyclic) bond motifs is 1. The van der Waals surface area contributed by atoms with E-state index >= 15 is 0 Å². The van der Waals surface area contributed by atoms with Gasteiger partial charge < -0.3 is 14.8 Å². The second-order valence-electron chi connectivity index (χ2n) is 9.05. The van der Waals surface area contributed by atoms with Crippen LogP contribution in [0.4, 0.5) is 10.3 Å². The molecule has 5 rings (SSSR count). The quantitative estimate of drug-likeness (QED) is 0.315. The number of rotatable bonds is 7. The molecule has 0 saturated heterocycles. The number of benzene rings is 2. The summed E-state index contributed by atoms with van der Waals surface area (Å²) in [6.45, 7) is 1.86. The Bertz CT molecular complexity index is 1270. The number of thioether (sulfide) groups is 1. The molecule has 1 aliphatic carbocycles. The fourth-order valence-corrected chi connectivity index (χ4v) is 5.52. The van der Waals surface area contributed by atoms with E-state index in [9.17, 15) is 9.18 Å². The highest BCUT2D eigenvalue weighted by Crippen LogP contribution is 2.38. The molecule has 1 aromatic heterocycles. The molecule has 1 fully saturated rings. The number of ether oxygens (including phenoxy) is 2. The summed E-state index contributed by atoms with van der Waals surface area (Å²) in [5, 5.41) is 8.45. The van der Waals surface area contributed by atoms with Crippen LogP contribution in [0, 0.1) is 5.82 Å². The topological polar surface area (TPSA) is 78.3 Å². The zero-order valence-electron chi connectivity index (χ0n) is 20.4. The lowest BCUT2D eigenvalue weighted by molar-refractivity contribution is -0.146. The monoisotopic (exact) mass is 508 g/mol. The summed E-state index contributed by atoms with van der Waals surface area (Å²) in [7, 11) is 1.62. The van der Waals surface area contributed by atoms with Crippen LogP contribution in [-0.2, 0) is 15.3 Å². The van der Waals surface area contributed by atoms with Crippen molar-refractivity contribution < 1.29 is 18.7 Å². The largest absolute Gasteiger partial charge is 0.497 e. The predicted octanol–water partition coefficient (Wildman–Crippen LogP) is 5.88. The molecule has 9 heteroatoms. The van der Waals surface area contributed by atoms with Crippen LogP contribution < -0.4 is 10.1 Å². The van der Waals surface area contributed by atoms with E-state index in [0.717, 1.165) is 37.0 Å². The normalized spacial score (nSPS) is 17.9.